The SMILES string of the molecule is Cc1ccc(C(N(OC(C)c2ccccc2)C(C)(C)C)C(C)(C)C)cc1. The monoisotopic (exact) mass is 353 g/mol. The highest BCUT2D eigenvalue weighted by molar-refractivity contribution is 5.26. The molecular formula is C24H35NO. The van der Waals surface area contributed by atoms with Crippen LogP contribution in [0.15, 0.2) is 54.6 Å². The standard InChI is InChI=1S/C24H35NO/c1-18-14-16-21(17-15-18)22(23(3,4)5)25(24(6,7)8)26-19(2)20-12-10-9-11-13-20/h9-17,19,22H,1-8H3. The summed E-state index contributed by atoms with van der Waals surface area (Å²) in [6, 6.07) is 19.4. The van der Waals surface area contributed by atoms with Gasteiger partial charge in [-0.1, -0.05) is 80.9 Å². The molecule has 0 radical (unpaired) electrons. The van der Waals surface area contributed by atoms with Crippen LogP contribution in [0.4, 0.5) is 0 Å². The quantitative estimate of drug-likeness (QED) is 0.543. The van der Waals surface area contributed by atoms with Crippen LogP contribution in [0.3, 0.4) is 0 Å². The summed E-state index contributed by atoms with van der Waals surface area (Å²) in [6.45, 7) is 17.8. The number of nitrogens with zero attached hydrogens (tertiary/aromatic N) is 1. The molecule has 2 aromatic carbocycles. The van der Waals surface area contributed by atoms with Gasteiger partial charge in [0.1, 0.15) is 6.10 Å². The van der Waals surface area contributed by atoms with Crippen LogP contribution in [0.25, 0.3) is 0 Å². The predicted octanol–water partition coefficient (Wildman–Crippen LogP) is 6.88. The van der Waals surface area contributed by atoms with Crippen molar-refractivity contribution in [1.82, 2.24) is 5.06 Å². The first-order valence-electron chi connectivity index (χ1n) is 9.58. The Balaban J connectivity index is 2.42. The fraction of sp³-hybridized carbons (Fsp3) is 0.500. The zero-order valence-electron chi connectivity index (χ0n) is 17.7. The van der Waals surface area contributed by atoms with Crippen molar-refractivity contribution in [3.05, 3.63) is 71.3 Å². The fourth-order valence-electron chi connectivity index (χ4n) is 3.30. The van der Waals surface area contributed by atoms with Gasteiger partial charge in [-0.25, -0.2) is 0 Å². The van der Waals surface area contributed by atoms with Gasteiger partial charge in [0.25, 0.3) is 0 Å². The zero-order chi connectivity index (χ0) is 19.5. The Morgan fingerprint density at radius 3 is 1.77 bits per heavy atom. The molecule has 0 aliphatic rings. The average molecular weight is 354 g/mol. The molecule has 0 N–H and O–H groups in total. The summed E-state index contributed by atoms with van der Waals surface area (Å²) in [4.78, 5) is 6.61. The maximum absolute atomic E-state index is 6.61. The summed E-state index contributed by atoms with van der Waals surface area (Å²) in [5, 5.41) is 2.20. The van der Waals surface area contributed by atoms with Crippen molar-refractivity contribution >= 4 is 0 Å². The molecule has 2 heteroatoms. The molecular weight excluding hydrogens is 318 g/mol. The molecule has 0 heterocycles. The Bertz CT molecular complexity index is 677. The predicted molar refractivity (Wildman–Crippen MR) is 111 cm³/mol. The Morgan fingerprint density at radius 2 is 1.31 bits per heavy atom. The number of benzene rings is 2. The van der Waals surface area contributed by atoms with E-state index in [1.165, 1.54) is 16.7 Å². The van der Waals surface area contributed by atoms with Crippen LogP contribution >= 0.6 is 0 Å². The van der Waals surface area contributed by atoms with Crippen LogP contribution in [0.2, 0.25) is 0 Å². The second-order valence-electron chi connectivity index (χ2n) is 9.33. The van der Waals surface area contributed by atoms with Crippen molar-refractivity contribution in [2.24, 2.45) is 5.41 Å². The molecule has 0 aliphatic carbocycles. The molecule has 0 saturated heterocycles. The second kappa shape index (κ2) is 7.94. The van der Waals surface area contributed by atoms with E-state index < -0.39 is 0 Å². The first-order chi connectivity index (χ1) is 12.0. The van der Waals surface area contributed by atoms with Gasteiger partial charge in [-0.15, -0.1) is 0 Å². The molecule has 0 amide bonds. The second-order valence-corrected chi connectivity index (χ2v) is 9.33. The Kier molecular flexibility index (Phi) is 6.31. The topological polar surface area (TPSA) is 12.5 Å². The highest BCUT2D eigenvalue weighted by atomic mass is 16.7. The summed E-state index contributed by atoms with van der Waals surface area (Å²) >= 11 is 0. The van der Waals surface area contributed by atoms with E-state index >= 15 is 0 Å². The number of hydrogen-bond acceptors (Lipinski definition) is 2. The smallest absolute Gasteiger partial charge is 0.102 e. The molecule has 26 heavy (non-hydrogen) atoms. The molecule has 0 saturated carbocycles. The number of rotatable bonds is 5. The highest BCUT2D eigenvalue weighted by Crippen LogP contribution is 2.43. The minimum absolute atomic E-state index is 0.00859. The maximum atomic E-state index is 6.61. The minimum Gasteiger partial charge on any atom is -0.290 e. The van der Waals surface area contributed by atoms with Crippen LogP contribution in [0, 0.1) is 12.3 Å². The van der Waals surface area contributed by atoms with Crippen LogP contribution in [0.1, 0.15) is 77.3 Å². The van der Waals surface area contributed by atoms with Gasteiger partial charge < -0.3 is 0 Å². The van der Waals surface area contributed by atoms with Crippen molar-refractivity contribution in [3.63, 3.8) is 0 Å². The van der Waals surface area contributed by atoms with Gasteiger partial charge in [-0.2, -0.15) is 5.06 Å². The Morgan fingerprint density at radius 1 is 0.769 bits per heavy atom. The van der Waals surface area contributed by atoms with Crippen molar-refractivity contribution in [1.29, 1.82) is 0 Å². The van der Waals surface area contributed by atoms with Crippen molar-refractivity contribution in [2.75, 3.05) is 0 Å². The molecule has 2 nitrogen and oxygen atoms in total. The van der Waals surface area contributed by atoms with Gasteiger partial charge in [0.2, 0.25) is 0 Å². The average Bonchev–Trinajstić information content (AvgIpc) is 2.54. The Labute approximate surface area is 160 Å². The summed E-state index contributed by atoms with van der Waals surface area (Å²) in [5.74, 6) is 0. The third-order valence-corrected chi connectivity index (χ3v) is 4.65. The molecule has 0 fully saturated rings. The van der Waals surface area contributed by atoms with Crippen LogP contribution in [0.5, 0.6) is 0 Å². The molecule has 2 rings (SSSR count). The van der Waals surface area contributed by atoms with Crippen LogP contribution in [-0.2, 0) is 4.84 Å². The first kappa shape index (κ1) is 20.7. The lowest BCUT2D eigenvalue weighted by molar-refractivity contribution is -0.281. The van der Waals surface area contributed by atoms with Gasteiger partial charge in [0.15, 0.2) is 0 Å². The lowest BCUT2D eigenvalue weighted by atomic mass is 9.80. The summed E-state index contributed by atoms with van der Waals surface area (Å²) in [5.41, 5.74) is 3.66. The molecule has 0 aliphatic heterocycles. The Hall–Kier alpha value is -1.64. The van der Waals surface area contributed by atoms with E-state index in [2.05, 4.69) is 109 Å². The van der Waals surface area contributed by atoms with Crippen LogP contribution in [-0.4, -0.2) is 10.6 Å². The van der Waals surface area contributed by atoms with E-state index in [9.17, 15) is 0 Å². The van der Waals surface area contributed by atoms with Crippen molar-refractivity contribution in [3.8, 4) is 0 Å². The zero-order valence-corrected chi connectivity index (χ0v) is 17.7. The molecule has 2 atom stereocenters. The summed E-state index contributed by atoms with van der Waals surface area (Å²) < 4.78 is 0. The molecule has 0 aromatic heterocycles. The number of aryl methyl sites for hydroxylation is 1. The third kappa shape index (κ3) is 5.18. The lowest BCUT2D eigenvalue weighted by Gasteiger charge is -2.47. The maximum Gasteiger partial charge on any atom is 0.102 e. The van der Waals surface area contributed by atoms with Crippen molar-refractivity contribution < 1.29 is 4.84 Å². The minimum atomic E-state index is -0.133. The van der Waals surface area contributed by atoms with E-state index in [0.717, 1.165) is 0 Å². The van der Waals surface area contributed by atoms with Gasteiger partial charge in [0, 0.05) is 5.54 Å². The van der Waals surface area contributed by atoms with Crippen LogP contribution < -0.4 is 0 Å². The summed E-state index contributed by atoms with van der Waals surface area (Å²) in [6.07, 6.45) is -0.00859. The molecule has 2 aromatic rings. The molecule has 0 bridgehead atoms. The van der Waals surface area contributed by atoms with E-state index in [1.807, 2.05) is 6.07 Å². The molecule has 0 spiro atoms. The van der Waals surface area contributed by atoms with E-state index in [4.69, 9.17) is 4.84 Å². The molecule has 142 valence electrons. The number of hydroxylamine groups is 2. The van der Waals surface area contributed by atoms with E-state index in [1.54, 1.807) is 0 Å². The lowest BCUT2D eigenvalue weighted by Crippen LogP contribution is -2.48. The normalized spacial score (nSPS) is 15.1. The van der Waals surface area contributed by atoms with E-state index in [-0.39, 0.29) is 23.1 Å². The summed E-state index contributed by atoms with van der Waals surface area (Å²) in [7, 11) is 0. The molecule has 2 unspecified atom stereocenters. The largest absolute Gasteiger partial charge is 0.290 e. The van der Waals surface area contributed by atoms with Gasteiger partial charge in [0.05, 0.1) is 6.04 Å². The van der Waals surface area contributed by atoms with Gasteiger partial charge >= 0.3 is 0 Å². The van der Waals surface area contributed by atoms with E-state index in [0.29, 0.717) is 0 Å². The number of hydrogen-bond donors (Lipinski definition) is 0. The van der Waals surface area contributed by atoms with Gasteiger partial charge in [-0.05, 0) is 51.2 Å². The van der Waals surface area contributed by atoms with Gasteiger partial charge in [-0.3, -0.25) is 4.84 Å². The fourth-order valence-corrected chi connectivity index (χ4v) is 3.30. The van der Waals surface area contributed by atoms with Crippen molar-refractivity contribution in [2.45, 2.75) is 73.1 Å². The third-order valence-electron chi connectivity index (χ3n) is 4.65. The highest BCUT2D eigenvalue weighted by Gasteiger charge is 2.39. The first-order valence-corrected chi connectivity index (χ1v) is 9.58.